The molecule has 1 N–H and O–H groups in total. The Kier molecular flexibility index (Phi) is 3.81. The molecule has 3 rings (SSSR count). The van der Waals surface area contributed by atoms with E-state index in [1.54, 1.807) is 24.3 Å². The number of nitrogens with one attached hydrogen (secondary N) is 1. The summed E-state index contributed by atoms with van der Waals surface area (Å²) in [7, 11) is 0. The molecule has 6 heteroatoms. The van der Waals surface area contributed by atoms with Gasteiger partial charge in [-0.1, -0.05) is 29.8 Å². The van der Waals surface area contributed by atoms with Crippen LogP contribution in [0.25, 0.3) is 0 Å². The molecule has 0 aliphatic carbocycles. The van der Waals surface area contributed by atoms with E-state index in [0.717, 1.165) is 11.0 Å². The summed E-state index contributed by atoms with van der Waals surface area (Å²) in [4.78, 5) is 25.5. The number of amides is 2. The first-order chi connectivity index (χ1) is 10.6. The Morgan fingerprint density at radius 3 is 2.64 bits per heavy atom. The van der Waals surface area contributed by atoms with Crippen molar-refractivity contribution in [3.05, 3.63) is 59.4 Å². The van der Waals surface area contributed by atoms with E-state index in [9.17, 15) is 14.0 Å². The molecule has 0 radical (unpaired) electrons. The van der Waals surface area contributed by atoms with Gasteiger partial charge < -0.3 is 5.32 Å². The second kappa shape index (κ2) is 5.77. The van der Waals surface area contributed by atoms with E-state index in [-0.39, 0.29) is 18.0 Å². The number of nitrogens with zero attached hydrogens (tertiary/aromatic N) is 1. The van der Waals surface area contributed by atoms with Crippen LogP contribution in [0.2, 0.25) is 5.02 Å². The second-order valence-electron chi connectivity index (χ2n) is 4.93. The van der Waals surface area contributed by atoms with Crippen molar-refractivity contribution in [3.8, 4) is 0 Å². The van der Waals surface area contributed by atoms with E-state index in [1.165, 1.54) is 18.2 Å². The minimum Gasteiger partial charge on any atom is -0.372 e. The van der Waals surface area contributed by atoms with Gasteiger partial charge in [0.15, 0.2) is 0 Å². The molecule has 1 saturated heterocycles. The van der Waals surface area contributed by atoms with Gasteiger partial charge in [0.25, 0.3) is 5.91 Å². The normalized spacial score (nSPS) is 17.9. The van der Waals surface area contributed by atoms with Gasteiger partial charge in [0.1, 0.15) is 11.9 Å². The highest BCUT2D eigenvalue weighted by Crippen LogP contribution is 2.27. The van der Waals surface area contributed by atoms with Gasteiger partial charge in [-0.05, 0) is 30.3 Å². The summed E-state index contributed by atoms with van der Waals surface area (Å²) >= 11 is 6.04. The van der Waals surface area contributed by atoms with Gasteiger partial charge in [-0.25, -0.2) is 9.29 Å². The van der Waals surface area contributed by atoms with Crippen molar-refractivity contribution < 1.29 is 14.0 Å². The number of hydrogen-bond acceptors (Lipinski definition) is 3. The van der Waals surface area contributed by atoms with Crippen molar-refractivity contribution in [2.24, 2.45) is 0 Å². The van der Waals surface area contributed by atoms with E-state index in [0.29, 0.717) is 10.7 Å². The first-order valence-electron chi connectivity index (χ1n) is 6.69. The van der Waals surface area contributed by atoms with Gasteiger partial charge in [-0.2, -0.15) is 0 Å². The molecule has 0 aromatic heterocycles. The third-order valence-electron chi connectivity index (χ3n) is 3.42. The summed E-state index contributed by atoms with van der Waals surface area (Å²) in [6.45, 7) is 0. The SMILES string of the molecule is O=C1C[C@@H](Nc2ccccc2Cl)C(=O)N1c1cccc(F)c1. The van der Waals surface area contributed by atoms with Crippen molar-refractivity contribution in [2.75, 3.05) is 10.2 Å². The van der Waals surface area contributed by atoms with E-state index >= 15 is 0 Å². The second-order valence-corrected chi connectivity index (χ2v) is 5.34. The molecule has 1 heterocycles. The highest BCUT2D eigenvalue weighted by Gasteiger charge is 2.39. The number of rotatable bonds is 3. The zero-order valence-corrected chi connectivity index (χ0v) is 12.2. The molecule has 0 saturated carbocycles. The molecule has 1 aliphatic heterocycles. The van der Waals surface area contributed by atoms with Crippen molar-refractivity contribution >= 4 is 34.8 Å². The van der Waals surface area contributed by atoms with Gasteiger partial charge in [0.05, 0.1) is 22.8 Å². The Bertz CT molecular complexity index is 750. The number of imide groups is 1. The average Bonchev–Trinajstić information content (AvgIpc) is 2.76. The van der Waals surface area contributed by atoms with Crippen LogP contribution in [0.15, 0.2) is 48.5 Å². The number of carbonyl (C=O) groups excluding carboxylic acids is 2. The molecular weight excluding hydrogens is 307 g/mol. The van der Waals surface area contributed by atoms with E-state index < -0.39 is 17.8 Å². The van der Waals surface area contributed by atoms with E-state index in [4.69, 9.17) is 11.6 Å². The van der Waals surface area contributed by atoms with Gasteiger partial charge in [0, 0.05) is 0 Å². The highest BCUT2D eigenvalue weighted by atomic mass is 35.5. The maximum atomic E-state index is 13.3. The quantitative estimate of drug-likeness (QED) is 0.884. The molecule has 1 fully saturated rings. The van der Waals surface area contributed by atoms with Gasteiger partial charge in [0.2, 0.25) is 5.91 Å². The summed E-state index contributed by atoms with van der Waals surface area (Å²) in [6.07, 6.45) is 0.000565. The standard InChI is InChI=1S/C16H12ClFN2O2/c17-12-6-1-2-7-13(12)19-14-9-15(21)20(16(14)22)11-5-3-4-10(18)8-11/h1-8,14,19H,9H2/t14-/m1/s1. The van der Waals surface area contributed by atoms with Crippen LogP contribution in [0, 0.1) is 5.82 Å². The third-order valence-corrected chi connectivity index (χ3v) is 3.75. The lowest BCUT2D eigenvalue weighted by Gasteiger charge is -2.16. The molecule has 2 amide bonds. The first kappa shape index (κ1) is 14.5. The number of para-hydroxylation sites is 1. The maximum absolute atomic E-state index is 13.3. The Balaban J connectivity index is 1.84. The predicted molar refractivity (Wildman–Crippen MR) is 82.4 cm³/mol. The minimum absolute atomic E-state index is 0.000565. The van der Waals surface area contributed by atoms with Crippen LogP contribution >= 0.6 is 11.6 Å². The molecular formula is C16H12ClFN2O2. The fourth-order valence-electron chi connectivity index (χ4n) is 2.40. The number of benzene rings is 2. The Hall–Kier alpha value is -2.40. The summed E-state index contributed by atoms with van der Waals surface area (Å²) in [5.41, 5.74) is 0.815. The topological polar surface area (TPSA) is 49.4 Å². The average molecular weight is 319 g/mol. The molecule has 22 heavy (non-hydrogen) atoms. The Morgan fingerprint density at radius 2 is 1.91 bits per heavy atom. The molecule has 2 aromatic carbocycles. The molecule has 0 unspecified atom stereocenters. The van der Waals surface area contributed by atoms with Crippen molar-refractivity contribution in [2.45, 2.75) is 12.5 Å². The van der Waals surface area contributed by atoms with Crippen LogP contribution in [-0.2, 0) is 9.59 Å². The zero-order valence-electron chi connectivity index (χ0n) is 11.4. The van der Waals surface area contributed by atoms with Crippen LogP contribution in [-0.4, -0.2) is 17.9 Å². The largest absolute Gasteiger partial charge is 0.372 e. The zero-order chi connectivity index (χ0) is 15.7. The van der Waals surface area contributed by atoms with Crippen LogP contribution in [0.3, 0.4) is 0 Å². The Morgan fingerprint density at radius 1 is 1.14 bits per heavy atom. The van der Waals surface area contributed by atoms with Crippen LogP contribution in [0.1, 0.15) is 6.42 Å². The Labute approximate surface area is 131 Å². The van der Waals surface area contributed by atoms with Crippen molar-refractivity contribution in [3.63, 3.8) is 0 Å². The smallest absolute Gasteiger partial charge is 0.256 e. The number of carbonyl (C=O) groups is 2. The lowest BCUT2D eigenvalue weighted by atomic mass is 10.2. The maximum Gasteiger partial charge on any atom is 0.256 e. The molecule has 2 aromatic rings. The summed E-state index contributed by atoms with van der Waals surface area (Å²) in [6, 6.07) is 11.7. The number of hydrogen-bond donors (Lipinski definition) is 1. The van der Waals surface area contributed by atoms with Gasteiger partial charge in [-0.3, -0.25) is 9.59 Å². The van der Waals surface area contributed by atoms with Gasteiger partial charge in [-0.15, -0.1) is 0 Å². The molecule has 1 aliphatic rings. The molecule has 0 spiro atoms. The predicted octanol–water partition coefficient (Wildman–Crippen LogP) is 3.22. The fraction of sp³-hybridized carbons (Fsp3) is 0.125. The van der Waals surface area contributed by atoms with Crippen LogP contribution in [0.5, 0.6) is 0 Å². The highest BCUT2D eigenvalue weighted by molar-refractivity contribution is 6.33. The van der Waals surface area contributed by atoms with Crippen LogP contribution in [0.4, 0.5) is 15.8 Å². The number of anilines is 2. The molecule has 112 valence electrons. The van der Waals surface area contributed by atoms with Crippen LogP contribution < -0.4 is 10.2 Å². The first-order valence-corrected chi connectivity index (χ1v) is 7.07. The third kappa shape index (κ3) is 2.67. The monoisotopic (exact) mass is 318 g/mol. The van der Waals surface area contributed by atoms with E-state index in [1.807, 2.05) is 0 Å². The molecule has 0 bridgehead atoms. The fourth-order valence-corrected chi connectivity index (χ4v) is 2.59. The summed E-state index contributed by atoms with van der Waals surface area (Å²) in [5.74, 6) is -1.30. The van der Waals surface area contributed by atoms with Gasteiger partial charge >= 0.3 is 0 Å². The molecule has 1 atom stereocenters. The summed E-state index contributed by atoms with van der Waals surface area (Å²) < 4.78 is 13.3. The lowest BCUT2D eigenvalue weighted by molar-refractivity contribution is -0.121. The molecule has 4 nitrogen and oxygen atoms in total. The number of halogens is 2. The van der Waals surface area contributed by atoms with E-state index in [2.05, 4.69) is 5.32 Å². The van der Waals surface area contributed by atoms with Crippen molar-refractivity contribution in [1.29, 1.82) is 0 Å². The minimum atomic E-state index is -0.712. The lowest BCUT2D eigenvalue weighted by Crippen LogP contribution is -2.34. The summed E-state index contributed by atoms with van der Waals surface area (Å²) in [5, 5.41) is 3.43. The van der Waals surface area contributed by atoms with Crippen molar-refractivity contribution in [1.82, 2.24) is 0 Å².